The highest BCUT2D eigenvalue weighted by molar-refractivity contribution is 6.00. The van der Waals surface area contributed by atoms with Crippen molar-refractivity contribution in [1.82, 2.24) is 0 Å². The molecule has 1 nitrogen and oxygen atoms in total. The van der Waals surface area contributed by atoms with E-state index in [2.05, 4.69) is 18.2 Å². The molecule has 1 heteroatoms. The van der Waals surface area contributed by atoms with E-state index in [1.54, 1.807) is 6.08 Å². The highest BCUT2D eigenvalue weighted by Gasteiger charge is 2.43. The summed E-state index contributed by atoms with van der Waals surface area (Å²) in [5.74, 6) is 0.338. The van der Waals surface area contributed by atoms with Crippen LogP contribution in [0.2, 0.25) is 0 Å². The average Bonchev–Trinajstić information content (AvgIpc) is 2.35. The van der Waals surface area contributed by atoms with E-state index in [0.29, 0.717) is 5.78 Å². The lowest BCUT2D eigenvalue weighted by Gasteiger charge is -2.39. The zero-order chi connectivity index (χ0) is 10.3. The summed E-state index contributed by atoms with van der Waals surface area (Å²) in [6.07, 6.45) is 8.06. The second kappa shape index (κ2) is 3.06. The molecule has 0 bridgehead atoms. The van der Waals surface area contributed by atoms with Crippen molar-refractivity contribution in [3.63, 3.8) is 0 Å². The Hall–Kier alpha value is -1.37. The smallest absolute Gasteiger partial charge is 0.162 e. The molecule has 0 radical (unpaired) electrons. The molecule has 1 aromatic rings. The predicted molar refractivity (Wildman–Crippen MR) is 60.5 cm³/mol. The molecular formula is C14H14O. The van der Waals surface area contributed by atoms with Crippen LogP contribution in [0.25, 0.3) is 6.08 Å². The van der Waals surface area contributed by atoms with Gasteiger partial charge in [-0.1, -0.05) is 36.8 Å². The summed E-state index contributed by atoms with van der Waals surface area (Å²) in [5.41, 5.74) is 2.51. The van der Waals surface area contributed by atoms with E-state index in [9.17, 15) is 4.79 Å². The number of hydrogen-bond acceptors (Lipinski definition) is 1. The second-order valence-corrected chi connectivity index (χ2v) is 4.71. The van der Waals surface area contributed by atoms with Crippen LogP contribution in [0.3, 0.4) is 0 Å². The van der Waals surface area contributed by atoms with Crippen molar-refractivity contribution in [2.24, 2.45) is 5.41 Å². The van der Waals surface area contributed by atoms with E-state index in [-0.39, 0.29) is 5.41 Å². The molecule has 15 heavy (non-hydrogen) atoms. The van der Waals surface area contributed by atoms with Crippen molar-refractivity contribution in [2.75, 3.05) is 0 Å². The molecule has 2 aliphatic carbocycles. The van der Waals surface area contributed by atoms with Gasteiger partial charge in [-0.25, -0.2) is 0 Å². The first-order valence-electron chi connectivity index (χ1n) is 5.61. The number of hydrogen-bond donors (Lipinski definition) is 0. The van der Waals surface area contributed by atoms with E-state index < -0.39 is 0 Å². The Morgan fingerprint density at radius 1 is 1.07 bits per heavy atom. The summed E-state index contributed by atoms with van der Waals surface area (Å²) in [4.78, 5) is 12.0. The fraction of sp³-hybridized carbons (Fsp3) is 0.357. The molecule has 0 atom stereocenters. The summed E-state index contributed by atoms with van der Waals surface area (Å²) in [5, 5.41) is 0. The van der Waals surface area contributed by atoms with Gasteiger partial charge in [-0.05, 0) is 36.5 Å². The second-order valence-electron chi connectivity index (χ2n) is 4.71. The van der Waals surface area contributed by atoms with Crippen molar-refractivity contribution in [2.45, 2.75) is 25.7 Å². The third-order valence-corrected chi connectivity index (χ3v) is 3.83. The molecule has 0 aromatic heterocycles. The summed E-state index contributed by atoms with van der Waals surface area (Å²) in [6, 6.07) is 8.34. The lowest BCUT2D eigenvalue weighted by Crippen LogP contribution is -2.38. The van der Waals surface area contributed by atoms with Crippen molar-refractivity contribution < 1.29 is 4.79 Å². The molecular weight excluding hydrogens is 184 g/mol. The van der Waals surface area contributed by atoms with Crippen LogP contribution in [-0.4, -0.2) is 5.78 Å². The van der Waals surface area contributed by atoms with Crippen LogP contribution in [0.5, 0.6) is 0 Å². The maximum Gasteiger partial charge on any atom is 0.162 e. The standard InChI is InChI=1S/C14H14O/c15-13-7-6-11-4-1-2-5-12(11)10-14(13)8-3-9-14/h1-2,4-7H,3,8-10H2. The van der Waals surface area contributed by atoms with Crippen LogP contribution in [0.1, 0.15) is 30.4 Å². The quantitative estimate of drug-likeness (QED) is 0.626. The van der Waals surface area contributed by atoms with Gasteiger partial charge in [0.05, 0.1) is 0 Å². The summed E-state index contributed by atoms with van der Waals surface area (Å²) in [6.45, 7) is 0. The zero-order valence-electron chi connectivity index (χ0n) is 8.70. The molecule has 1 aromatic carbocycles. The minimum absolute atomic E-state index is 0.0386. The van der Waals surface area contributed by atoms with Gasteiger partial charge < -0.3 is 0 Å². The van der Waals surface area contributed by atoms with Gasteiger partial charge in [-0.3, -0.25) is 4.79 Å². The lowest BCUT2D eigenvalue weighted by molar-refractivity contribution is -0.128. The van der Waals surface area contributed by atoms with Crippen LogP contribution in [0.4, 0.5) is 0 Å². The SMILES string of the molecule is O=C1C=Cc2ccccc2CC12CCC2. The van der Waals surface area contributed by atoms with Gasteiger partial charge in [-0.15, -0.1) is 0 Å². The molecule has 0 amide bonds. The molecule has 1 fully saturated rings. The van der Waals surface area contributed by atoms with E-state index in [1.807, 2.05) is 12.1 Å². The molecule has 2 aliphatic rings. The number of allylic oxidation sites excluding steroid dienone is 1. The van der Waals surface area contributed by atoms with E-state index in [0.717, 1.165) is 19.3 Å². The fourth-order valence-corrected chi connectivity index (χ4v) is 2.68. The average molecular weight is 198 g/mol. The van der Waals surface area contributed by atoms with Crippen LogP contribution in [0, 0.1) is 5.41 Å². The van der Waals surface area contributed by atoms with Crippen LogP contribution in [0.15, 0.2) is 30.3 Å². The van der Waals surface area contributed by atoms with Gasteiger partial charge in [0.25, 0.3) is 0 Å². The predicted octanol–water partition coefficient (Wildman–Crippen LogP) is 3.00. The Labute approximate surface area is 89.8 Å². The zero-order valence-corrected chi connectivity index (χ0v) is 8.70. The lowest BCUT2D eigenvalue weighted by atomic mass is 9.63. The maximum absolute atomic E-state index is 12.0. The minimum atomic E-state index is -0.0386. The largest absolute Gasteiger partial charge is 0.294 e. The van der Waals surface area contributed by atoms with Gasteiger partial charge in [0, 0.05) is 5.41 Å². The van der Waals surface area contributed by atoms with E-state index in [4.69, 9.17) is 0 Å². The Balaban J connectivity index is 2.08. The number of rotatable bonds is 0. The molecule has 1 spiro atoms. The fourth-order valence-electron chi connectivity index (χ4n) is 2.68. The number of fused-ring (bicyclic) bond motifs is 1. The van der Waals surface area contributed by atoms with Crippen molar-refractivity contribution >= 4 is 11.9 Å². The molecule has 1 saturated carbocycles. The monoisotopic (exact) mass is 198 g/mol. The van der Waals surface area contributed by atoms with Crippen molar-refractivity contribution in [3.05, 3.63) is 41.5 Å². The normalized spacial score (nSPS) is 22.0. The summed E-state index contributed by atoms with van der Waals surface area (Å²) >= 11 is 0. The highest BCUT2D eigenvalue weighted by atomic mass is 16.1. The number of benzene rings is 1. The first kappa shape index (κ1) is 8.90. The topological polar surface area (TPSA) is 17.1 Å². The van der Waals surface area contributed by atoms with Gasteiger partial charge in [0.15, 0.2) is 5.78 Å². The molecule has 3 rings (SSSR count). The summed E-state index contributed by atoms with van der Waals surface area (Å²) < 4.78 is 0. The number of carbonyl (C=O) groups excluding carboxylic acids is 1. The molecule has 0 unspecified atom stereocenters. The third kappa shape index (κ3) is 1.26. The summed E-state index contributed by atoms with van der Waals surface area (Å²) in [7, 11) is 0. The number of carbonyl (C=O) groups is 1. The van der Waals surface area contributed by atoms with Gasteiger partial charge >= 0.3 is 0 Å². The van der Waals surface area contributed by atoms with Gasteiger partial charge in [0.1, 0.15) is 0 Å². The Kier molecular flexibility index (Phi) is 1.82. The van der Waals surface area contributed by atoms with E-state index >= 15 is 0 Å². The molecule has 0 heterocycles. The van der Waals surface area contributed by atoms with Gasteiger partial charge in [0.2, 0.25) is 0 Å². The molecule has 0 aliphatic heterocycles. The van der Waals surface area contributed by atoms with Crippen LogP contribution >= 0.6 is 0 Å². The molecule has 0 N–H and O–H groups in total. The van der Waals surface area contributed by atoms with Gasteiger partial charge in [-0.2, -0.15) is 0 Å². The molecule has 76 valence electrons. The third-order valence-electron chi connectivity index (χ3n) is 3.83. The highest BCUT2D eigenvalue weighted by Crippen LogP contribution is 2.46. The maximum atomic E-state index is 12.0. The minimum Gasteiger partial charge on any atom is -0.294 e. The Morgan fingerprint density at radius 2 is 1.87 bits per heavy atom. The van der Waals surface area contributed by atoms with Crippen molar-refractivity contribution in [3.8, 4) is 0 Å². The molecule has 0 saturated heterocycles. The Bertz CT molecular complexity index is 438. The first-order chi connectivity index (χ1) is 7.30. The first-order valence-corrected chi connectivity index (χ1v) is 5.61. The van der Waals surface area contributed by atoms with Crippen LogP contribution < -0.4 is 0 Å². The van der Waals surface area contributed by atoms with Crippen molar-refractivity contribution in [1.29, 1.82) is 0 Å². The van der Waals surface area contributed by atoms with E-state index in [1.165, 1.54) is 17.5 Å². The van der Waals surface area contributed by atoms with Crippen LogP contribution in [-0.2, 0) is 11.2 Å². The number of ketones is 1. The Morgan fingerprint density at radius 3 is 2.60 bits per heavy atom.